The van der Waals surface area contributed by atoms with Crippen molar-refractivity contribution in [3.05, 3.63) is 83.4 Å². The topological polar surface area (TPSA) is 62.2 Å². The summed E-state index contributed by atoms with van der Waals surface area (Å²) in [6.07, 6.45) is 4.30. The standard InChI is InChI=1S/C22H25N5O/c1-17-15-20(21(28)26(2)14-11-18-9-12-23-13-10-18)25-22(24-17)27(3)16-19-7-5-4-6-8-19/h4-10,12-13,15H,11,14,16H2,1-3H3. The molecule has 1 aromatic carbocycles. The molecule has 2 aromatic heterocycles. The number of aromatic nitrogens is 3. The summed E-state index contributed by atoms with van der Waals surface area (Å²) in [6, 6.07) is 15.8. The lowest BCUT2D eigenvalue weighted by molar-refractivity contribution is 0.0790. The summed E-state index contributed by atoms with van der Waals surface area (Å²) in [5, 5.41) is 0. The quantitative estimate of drug-likeness (QED) is 0.635. The predicted octanol–water partition coefficient (Wildman–Crippen LogP) is 3.13. The van der Waals surface area contributed by atoms with Gasteiger partial charge in [0, 0.05) is 45.3 Å². The van der Waals surface area contributed by atoms with Crippen molar-refractivity contribution in [3.63, 3.8) is 0 Å². The van der Waals surface area contributed by atoms with E-state index in [0.29, 0.717) is 24.7 Å². The van der Waals surface area contributed by atoms with Crippen LogP contribution in [0.5, 0.6) is 0 Å². The Kier molecular flexibility index (Phi) is 6.32. The summed E-state index contributed by atoms with van der Waals surface area (Å²) in [6.45, 7) is 3.17. The molecule has 3 rings (SSSR count). The van der Waals surface area contributed by atoms with Crippen molar-refractivity contribution in [2.24, 2.45) is 0 Å². The molecule has 1 amide bonds. The molecule has 2 heterocycles. The number of pyridine rings is 1. The Bertz CT molecular complexity index is 915. The van der Waals surface area contributed by atoms with Gasteiger partial charge in [-0.1, -0.05) is 30.3 Å². The van der Waals surface area contributed by atoms with Crippen LogP contribution in [0.4, 0.5) is 5.95 Å². The van der Waals surface area contributed by atoms with Crippen molar-refractivity contribution in [1.82, 2.24) is 19.9 Å². The molecular weight excluding hydrogens is 350 g/mol. The number of nitrogens with zero attached hydrogens (tertiary/aromatic N) is 5. The molecular formula is C22H25N5O. The number of likely N-dealkylation sites (N-methyl/N-ethyl adjacent to an activating group) is 1. The molecule has 0 aliphatic carbocycles. The molecule has 6 heteroatoms. The fraction of sp³-hybridized carbons (Fsp3) is 0.273. The Labute approximate surface area is 165 Å². The van der Waals surface area contributed by atoms with Crippen LogP contribution in [0.2, 0.25) is 0 Å². The molecule has 0 fully saturated rings. The monoisotopic (exact) mass is 375 g/mol. The Morgan fingerprint density at radius 1 is 0.964 bits per heavy atom. The normalized spacial score (nSPS) is 10.5. The van der Waals surface area contributed by atoms with Crippen LogP contribution in [0, 0.1) is 6.92 Å². The second-order valence-corrected chi connectivity index (χ2v) is 6.87. The number of hydrogen-bond acceptors (Lipinski definition) is 5. The third kappa shape index (κ3) is 5.13. The van der Waals surface area contributed by atoms with E-state index in [0.717, 1.165) is 23.2 Å². The van der Waals surface area contributed by atoms with Crippen molar-refractivity contribution < 1.29 is 4.79 Å². The van der Waals surface area contributed by atoms with E-state index in [1.807, 2.05) is 49.2 Å². The first-order chi connectivity index (χ1) is 13.5. The third-order valence-electron chi connectivity index (χ3n) is 4.50. The Morgan fingerprint density at radius 3 is 2.39 bits per heavy atom. The van der Waals surface area contributed by atoms with Gasteiger partial charge in [-0.3, -0.25) is 9.78 Å². The summed E-state index contributed by atoms with van der Waals surface area (Å²) in [5.41, 5.74) is 3.50. The molecule has 0 radical (unpaired) electrons. The van der Waals surface area contributed by atoms with Gasteiger partial charge in [-0.2, -0.15) is 0 Å². The Balaban J connectivity index is 1.70. The average molecular weight is 375 g/mol. The number of aryl methyl sites for hydroxylation is 1. The fourth-order valence-electron chi connectivity index (χ4n) is 2.90. The highest BCUT2D eigenvalue weighted by Crippen LogP contribution is 2.14. The van der Waals surface area contributed by atoms with E-state index in [1.54, 1.807) is 30.4 Å². The van der Waals surface area contributed by atoms with Crippen LogP contribution >= 0.6 is 0 Å². The van der Waals surface area contributed by atoms with Gasteiger partial charge in [-0.25, -0.2) is 9.97 Å². The highest BCUT2D eigenvalue weighted by Gasteiger charge is 2.17. The van der Waals surface area contributed by atoms with Gasteiger partial charge in [0.2, 0.25) is 5.95 Å². The summed E-state index contributed by atoms with van der Waals surface area (Å²) >= 11 is 0. The molecule has 0 bridgehead atoms. The number of carbonyl (C=O) groups is 1. The lowest BCUT2D eigenvalue weighted by Crippen LogP contribution is -2.30. The van der Waals surface area contributed by atoms with E-state index < -0.39 is 0 Å². The molecule has 28 heavy (non-hydrogen) atoms. The molecule has 0 saturated carbocycles. The van der Waals surface area contributed by atoms with Crippen LogP contribution in [0.3, 0.4) is 0 Å². The maximum Gasteiger partial charge on any atom is 0.272 e. The van der Waals surface area contributed by atoms with E-state index in [2.05, 4.69) is 27.1 Å². The predicted molar refractivity (Wildman–Crippen MR) is 110 cm³/mol. The fourth-order valence-corrected chi connectivity index (χ4v) is 2.90. The van der Waals surface area contributed by atoms with E-state index in [-0.39, 0.29) is 5.91 Å². The number of amides is 1. The first kappa shape index (κ1) is 19.5. The first-order valence-corrected chi connectivity index (χ1v) is 9.28. The molecule has 3 aromatic rings. The van der Waals surface area contributed by atoms with Gasteiger partial charge in [-0.15, -0.1) is 0 Å². The van der Waals surface area contributed by atoms with Gasteiger partial charge in [0.15, 0.2) is 0 Å². The average Bonchev–Trinajstić information content (AvgIpc) is 2.72. The number of carbonyl (C=O) groups excluding carboxylic acids is 1. The summed E-state index contributed by atoms with van der Waals surface area (Å²) in [5.74, 6) is 0.448. The number of hydrogen-bond donors (Lipinski definition) is 0. The maximum absolute atomic E-state index is 12.9. The van der Waals surface area contributed by atoms with Crippen molar-refractivity contribution >= 4 is 11.9 Å². The van der Waals surface area contributed by atoms with Gasteiger partial charge >= 0.3 is 0 Å². The molecule has 6 nitrogen and oxygen atoms in total. The molecule has 0 spiro atoms. The molecule has 0 aliphatic heterocycles. The van der Waals surface area contributed by atoms with Gasteiger partial charge in [0.1, 0.15) is 5.69 Å². The van der Waals surface area contributed by atoms with Gasteiger partial charge in [0.25, 0.3) is 5.91 Å². The Hall–Kier alpha value is -3.28. The number of anilines is 1. The van der Waals surface area contributed by atoms with Crippen LogP contribution in [0.1, 0.15) is 27.3 Å². The molecule has 0 N–H and O–H groups in total. The second kappa shape index (κ2) is 9.08. The molecule has 0 unspecified atom stereocenters. The number of rotatable bonds is 7. The van der Waals surface area contributed by atoms with Crippen LogP contribution in [-0.4, -0.2) is 46.4 Å². The van der Waals surface area contributed by atoms with Crippen molar-refractivity contribution in [2.75, 3.05) is 25.5 Å². The van der Waals surface area contributed by atoms with Crippen LogP contribution in [-0.2, 0) is 13.0 Å². The minimum atomic E-state index is -0.103. The van der Waals surface area contributed by atoms with Gasteiger partial charge in [-0.05, 0) is 42.7 Å². The van der Waals surface area contributed by atoms with Crippen molar-refractivity contribution in [3.8, 4) is 0 Å². The van der Waals surface area contributed by atoms with Crippen LogP contribution < -0.4 is 4.90 Å². The van der Waals surface area contributed by atoms with Crippen molar-refractivity contribution in [1.29, 1.82) is 0 Å². The molecule has 0 atom stereocenters. The zero-order valence-corrected chi connectivity index (χ0v) is 16.5. The van der Waals surface area contributed by atoms with E-state index in [9.17, 15) is 4.79 Å². The minimum absolute atomic E-state index is 0.103. The third-order valence-corrected chi connectivity index (χ3v) is 4.50. The lowest BCUT2D eigenvalue weighted by atomic mass is 10.2. The largest absolute Gasteiger partial charge is 0.340 e. The molecule has 144 valence electrons. The lowest BCUT2D eigenvalue weighted by Gasteiger charge is -2.20. The second-order valence-electron chi connectivity index (χ2n) is 6.87. The summed E-state index contributed by atoms with van der Waals surface area (Å²) in [7, 11) is 3.73. The van der Waals surface area contributed by atoms with E-state index in [1.165, 1.54) is 0 Å². The Morgan fingerprint density at radius 2 is 1.68 bits per heavy atom. The highest BCUT2D eigenvalue weighted by molar-refractivity contribution is 5.92. The number of benzene rings is 1. The molecule has 0 aliphatic rings. The molecule has 0 saturated heterocycles. The summed E-state index contributed by atoms with van der Waals surface area (Å²) < 4.78 is 0. The van der Waals surface area contributed by atoms with E-state index >= 15 is 0 Å². The smallest absolute Gasteiger partial charge is 0.272 e. The maximum atomic E-state index is 12.9. The van der Waals surface area contributed by atoms with Gasteiger partial charge < -0.3 is 9.80 Å². The van der Waals surface area contributed by atoms with Gasteiger partial charge in [0.05, 0.1) is 0 Å². The zero-order chi connectivity index (χ0) is 19.9. The minimum Gasteiger partial charge on any atom is -0.340 e. The SMILES string of the molecule is Cc1cc(C(=O)N(C)CCc2ccncc2)nc(N(C)Cc2ccccc2)n1. The zero-order valence-electron chi connectivity index (χ0n) is 16.5. The van der Waals surface area contributed by atoms with Crippen LogP contribution in [0.15, 0.2) is 60.9 Å². The first-order valence-electron chi connectivity index (χ1n) is 9.28. The van der Waals surface area contributed by atoms with E-state index in [4.69, 9.17) is 0 Å². The van der Waals surface area contributed by atoms with Crippen molar-refractivity contribution in [2.45, 2.75) is 19.9 Å². The highest BCUT2D eigenvalue weighted by atomic mass is 16.2. The van der Waals surface area contributed by atoms with Crippen LogP contribution in [0.25, 0.3) is 0 Å². The summed E-state index contributed by atoms with van der Waals surface area (Å²) in [4.78, 5) is 29.5.